The number of fused-ring (bicyclic) bond motifs is 1. The summed E-state index contributed by atoms with van der Waals surface area (Å²) in [5, 5.41) is 11.1. The van der Waals surface area contributed by atoms with Crippen molar-refractivity contribution < 1.29 is 18.3 Å². The zero-order chi connectivity index (χ0) is 14.3. The average Bonchev–Trinajstić information content (AvgIpc) is 2.35. The van der Waals surface area contributed by atoms with Crippen LogP contribution in [-0.2, 0) is 5.60 Å². The van der Waals surface area contributed by atoms with Gasteiger partial charge in [-0.1, -0.05) is 42.5 Å². The van der Waals surface area contributed by atoms with E-state index in [-0.39, 0.29) is 5.56 Å². The molecule has 0 heterocycles. The summed E-state index contributed by atoms with van der Waals surface area (Å²) in [7, 11) is 0. The first-order chi connectivity index (χ1) is 8.78. The van der Waals surface area contributed by atoms with Crippen LogP contribution in [0.1, 0.15) is 12.5 Å². The van der Waals surface area contributed by atoms with Crippen molar-refractivity contribution in [2.24, 2.45) is 5.73 Å². The van der Waals surface area contributed by atoms with Crippen LogP contribution in [0.5, 0.6) is 0 Å². The quantitative estimate of drug-likeness (QED) is 0.880. The van der Waals surface area contributed by atoms with E-state index >= 15 is 0 Å². The molecule has 0 spiro atoms. The molecule has 0 saturated heterocycles. The van der Waals surface area contributed by atoms with E-state index in [9.17, 15) is 18.3 Å². The molecule has 2 atom stereocenters. The third-order valence-corrected chi connectivity index (χ3v) is 3.29. The molecular formula is C14H14F3NO. The van der Waals surface area contributed by atoms with E-state index in [1.807, 2.05) is 0 Å². The van der Waals surface area contributed by atoms with Crippen LogP contribution in [0.25, 0.3) is 10.8 Å². The van der Waals surface area contributed by atoms with Gasteiger partial charge < -0.3 is 10.8 Å². The van der Waals surface area contributed by atoms with Crippen molar-refractivity contribution in [3.05, 3.63) is 48.0 Å². The molecule has 0 bridgehead atoms. The van der Waals surface area contributed by atoms with E-state index < -0.39 is 17.8 Å². The molecule has 102 valence electrons. The van der Waals surface area contributed by atoms with Gasteiger partial charge in [-0.3, -0.25) is 0 Å². The van der Waals surface area contributed by atoms with E-state index in [2.05, 4.69) is 0 Å². The Morgan fingerprint density at radius 1 is 1.05 bits per heavy atom. The number of rotatable bonds is 2. The molecule has 0 fully saturated rings. The third kappa shape index (κ3) is 2.09. The maximum absolute atomic E-state index is 13.2. The topological polar surface area (TPSA) is 46.2 Å². The average molecular weight is 269 g/mol. The highest BCUT2D eigenvalue weighted by Crippen LogP contribution is 2.43. The standard InChI is InChI=1S/C14H14F3NO/c1-9(18)13(19,14(15,16)17)12-8-4-6-10-5-2-3-7-11(10)12/h2-9,19H,18H2,1H3. The molecule has 2 rings (SSSR count). The Morgan fingerprint density at radius 2 is 1.63 bits per heavy atom. The molecule has 0 radical (unpaired) electrons. The highest BCUT2D eigenvalue weighted by atomic mass is 19.4. The number of hydrogen-bond acceptors (Lipinski definition) is 2. The lowest BCUT2D eigenvalue weighted by molar-refractivity contribution is -0.272. The first-order valence-electron chi connectivity index (χ1n) is 5.81. The molecular weight excluding hydrogens is 255 g/mol. The molecule has 2 aromatic carbocycles. The van der Waals surface area contributed by atoms with Gasteiger partial charge in [0.15, 0.2) is 0 Å². The van der Waals surface area contributed by atoms with Gasteiger partial charge in [0, 0.05) is 11.6 Å². The molecule has 2 aromatic rings. The number of benzene rings is 2. The summed E-state index contributed by atoms with van der Waals surface area (Å²) in [6, 6.07) is 9.56. The maximum Gasteiger partial charge on any atom is 0.423 e. The minimum absolute atomic E-state index is 0.215. The van der Waals surface area contributed by atoms with Crippen molar-refractivity contribution in [3.8, 4) is 0 Å². The van der Waals surface area contributed by atoms with Crippen LogP contribution in [0.3, 0.4) is 0 Å². The number of nitrogens with two attached hydrogens (primary N) is 1. The van der Waals surface area contributed by atoms with Crippen LogP contribution >= 0.6 is 0 Å². The van der Waals surface area contributed by atoms with E-state index in [1.165, 1.54) is 12.1 Å². The molecule has 5 heteroatoms. The number of halogens is 3. The summed E-state index contributed by atoms with van der Waals surface area (Å²) in [5.41, 5.74) is 2.13. The van der Waals surface area contributed by atoms with Gasteiger partial charge in [-0.25, -0.2) is 0 Å². The highest BCUT2D eigenvalue weighted by Gasteiger charge is 2.57. The van der Waals surface area contributed by atoms with Crippen molar-refractivity contribution in [1.29, 1.82) is 0 Å². The molecule has 0 amide bonds. The molecule has 0 saturated carbocycles. The Bertz CT molecular complexity index is 589. The summed E-state index contributed by atoms with van der Waals surface area (Å²) >= 11 is 0. The molecule has 0 aliphatic carbocycles. The molecule has 0 aliphatic heterocycles. The van der Waals surface area contributed by atoms with Crippen molar-refractivity contribution in [2.75, 3.05) is 0 Å². The lowest BCUT2D eigenvalue weighted by Gasteiger charge is -2.35. The second-order valence-electron chi connectivity index (χ2n) is 4.58. The van der Waals surface area contributed by atoms with Crippen LogP contribution < -0.4 is 5.73 Å². The van der Waals surface area contributed by atoms with E-state index in [0.717, 1.165) is 6.92 Å². The monoisotopic (exact) mass is 269 g/mol. The van der Waals surface area contributed by atoms with Crippen LogP contribution in [-0.4, -0.2) is 17.3 Å². The Kier molecular flexibility index (Phi) is 3.28. The molecule has 0 aromatic heterocycles. The van der Waals surface area contributed by atoms with Gasteiger partial charge in [0.2, 0.25) is 5.60 Å². The van der Waals surface area contributed by atoms with E-state index in [0.29, 0.717) is 10.8 Å². The van der Waals surface area contributed by atoms with Crippen LogP contribution in [0, 0.1) is 0 Å². The fourth-order valence-corrected chi connectivity index (χ4v) is 2.21. The van der Waals surface area contributed by atoms with E-state index in [1.54, 1.807) is 30.3 Å². The zero-order valence-electron chi connectivity index (χ0n) is 10.3. The molecule has 2 unspecified atom stereocenters. The van der Waals surface area contributed by atoms with Crippen molar-refractivity contribution >= 4 is 10.8 Å². The van der Waals surface area contributed by atoms with Crippen molar-refractivity contribution in [3.63, 3.8) is 0 Å². The van der Waals surface area contributed by atoms with Gasteiger partial charge in [-0.2, -0.15) is 13.2 Å². The Hall–Kier alpha value is -1.59. The maximum atomic E-state index is 13.2. The normalized spacial score (nSPS) is 17.2. The molecule has 0 aliphatic rings. The number of alkyl halides is 3. The first kappa shape index (κ1) is 13.8. The van der Waals surface area contributed by atoms with Crippen LogP contribution in [0.4, 0.5) is 13.2 Å². The summed E-state index contributed by atoms with van der Waals surface area (Å²) in [4.78, 5) is 0. The van der Waals surface area contributed by atoms with Crippen LogP contribution in [0.2, 0.25) is 0 Å². The van der Waals surface area contributed by atoms with Gasteiger partial charge in [0.05, 0.1) is 0 Å². The van der Waals surface area contributed by atoms with Crippen molar-refractivity contribution in [1.82, 2.24) is 0 Å². The van der Waals surface area contributed by atoms with Gasteiger partial charge >= 0.3 is 6.18 Å². The van der Waals surface area contributed by atoms with Gasteiger partial charge in [-0.05, 0) is 17.7 Å². The zero-order valence-corrected chi connectivity index (χ0v) is 10.3. The summed E-state index contributed by atoms with van der Waals surface area (Å²) in [5.74, 6) is 0. The highest BCUT2D eigenvalue weighted by molar-refractivity contribution is 5.86. The van der Waals surface area contributed by atoms with Gasteiger partial charge in [0.25, 0.3) is 0 Å². The second-order valence-corrected chi connectivity index (χ2v) is 4.58. The molecule has 19 heavy (non-hydrogen) atoms. The largest absolute Gasteiger partial charge is 0.423 e. The SMILES string of the molecule is CC(N)C(O)(c1cccc2ccccc12)C(F)(F)F. The Labute approximate surface area is 108 Å². The number of aliphatic hydroxyl groups is 1. The summed E-state index contributed by atoms with van der Waals surface area (Å²) < 4.78 is 39.7. The predicted octanol–water partition coefficient (Wildman–Crippen LogP) is 2.94. The van der Waals surface area contributed by atoms with E-state index in [4.69, 9.17) is 5.73 Å². The minimum atomic E-state index is -4.84. The minimum Gasteiger partial charge on any atom is -0.375 e. The van der Waals surface area contributed by atoms with Crippen LogP contribution in [0.15, 0.2) is 42.5 Å². The van der Waals surface area contributed by atoms with Gasteiger partial charge in [0.1, 0.15) is 0 Å². The fourth-order valence-electron chi connectivity index (χ4n) is 2.21. The lowest BCUT2D eigenvalue weighted by Crippen LogP contribution is -2.54. The van der Waals surface area contributed by atoms with Crippen molar-refractivity contribution in [2.45, 2.75) is 24.7 Å². The first-order valence-corrected chi connectivity index (χ1v) is 5.81. The van der Waals surface area contributed by atoms with Gasteiger partial charge in [-0.15, -0.1) is 0 Å². The second kappa shape index (κ2) is 4.51. The number of hydrogen-bond donors (Lipinski definition) is 2. The Morgan fingerprint density at radius 3 is 2.21 bits per heavy atom. The summed E-state index contributed by atoms with van der Waals surface area (Å²) in [6.07, 6.45) is -4.84. The predicted molar refractivity (Wildman–Crippen MR) is 67.5 cm³/mol. The molecule has 3 N–H and O–H groups in total. The molecule has 2 nitrogen and oxygen atoms in total. The Balaban J connectivity index is 2.78. The smallest absolute Gasteiger partial charge is 0.375 e. The fraction of sp³-hybridized carbons (Fsp3) is 0.286. The lowest BCUT2D eigenvalue weighted by atomic mass is 9.84. The summed E-state index contributed by atoms with van der Waals surface area (Å²) in [6.45, 7) is 1.15. The third-order valence-electron chi connectivity index (χ3n) is 3.29.